The van der Waals surface area contributed by atoms with E-state index in [4.69, 9.17) is 14.7 Å². The van der Waals surface area contributed by atoms with Gasteiger partial charge in [-0.3, -0.25) is 0 Å². The first-order valence-electron chi connectivity index (χ1n) is 12.5. The van der Waals surface area contributed by atoms with Crippen molar-refractivity contribution in [1.29, 1.82) is 5.26 Å². The van der Waals surface area contributed by atoms with Gasteiger partial charge in [-0.05, 0) is 48.9 Å². The normalized spacial score (nSPS) is 11.0. The third-order valence-electron chi connectivity index (χ3n) is 6.76. The van der Waals surface area contributed by atoms with Crippen LogP contribution in [0.3, 0.4) is 0 Å². The van der Waals surface area contributed by atoms with E-state index in [0.717, 1.165) is 62.4 Å². The molecule has 0 aliphatic carbocycles. The maximum Gasteiger partial charge on any atom is 0.162 e. The van der Waals surface area contributed by atoms with Crippen LogP contribution < -0.4 is 10.1 Å². The second kappa shape index (κ2) is 9.72. The molecule has 0 fully saturated rings. The third-order valence-corrected chi connectivity index (χ3v) is 6.76. The van der Waals surface area contributed by atoms with Crippen molar-refractivity contribution in [2.45, 2.75) is 13.5 Å². The van der Waals surface area contributed by atoms with Crippen LogP contribution in [0.5, 0.6) is 5.75 Å². The molecule has 0 atom stereocenters. The lowest BCUT2D eigenvalue weighted by atomic mass is 10.1. The van der Waals surface area contributed by atoms with Gasteiger partial charge in [0, 0.05) is 34.6 Å². The second-order valence-electron chi connectivity index (χ2n) is 8.94. The highest BCUT2D eigenvalue weighted by molar-refractivity contribution is 5.96. The summed E-state index contributed by atoms with van der Waals surface area (Å²) < 4.78 is 7.60. The number of para-hydroxylation sites is 1. The van der Waals surface area contributed by atoms with E-state index in [0.29, 0.717) is 11.4 Å². The van der Waals surface area contributed by atoms with Crippen LogP contribution in [0.2, 0.25) is 0 Å². The van der Waals surface area contributed by atoms with E-state index in [1.54, 1.807) is 7.11 Å². The number of nitrogens with zero attached hydrogens (tertiary/aromatic N) is 4. The summed E-state index contributed by atoms with van der Waals surface area (Å²) in [6.45, 7) is 2.82. The van der Waals surface area contributed by atoms with Crippen molar-refractivity contribution in [1.82, 2.24) is 14.5 Å². The number of nitriles is 1. The average molecular weight is 496 g/mol. The Labute approximate surface area is 220 Å². The first kappa shape index (κ1) is 23.3. The number of nitrogens with one attached hydrogen (secondary N) is 1. The Morgan fingerprint density at radius 2 is 1.61 bits per heavy atom. The number of aromatic nitrogens is 3. The van der Waals surface area contributed by atoms with Gasteiger partial charge in [0.05, 0.1) is 29.4 Å². The van der Waals surface area contributed by atoms with Crippen molar-refractivity contribution in [2.75, 3.05) is 12.4 Å². The highest BCUT2D eigenvalue weighted by atomic mass is 16.5. The highest BCUT2D eigenvalue weighted by Gasteiger charge is 2.19. The molecule has 184 valence electrons. The van der Waals surface area contributed by atoms with Crippen molar-refractivity contribution in [3.05, 3.63) is 103 Å². The summed E-state index contributed by atoms with van der Waals surface area (Å²) in [5.74, 6) is 2.19. The molecule has 0 aliphatic rings. The van der Waals surface area contributed by atoms with Crippen LogP contribution in [0.15, 0.2) is 97.1 Å². The lowest BCUT2D eigenvalue weighted by Crippen LogP contribution is -2.00. The summed E-state index contributed by atoms with van der Waals surface area (Å²) in [7, 11) is 1.65. The van der Waals surface area contributed by atoms with E-state index in [9.17, 15) is 5.26 Å². The predicted octanol–water partition coefficient (Wildman–Crippen LogP) is 7.56. The van der Waals surface area contributed by atoms with Crippen LogP contribution in [-0.4, -0.2) is 21.6 Å². The average Bonchev–Trinajstić information content (AvgIpc) is 3.30. The molecule has 0 saturated heterocycles. The minimum absolute atomic E-state index is 0.666. The minimum Gasteiger partial charge on any atom is -0.497 e. The zero-order valence-electron chi connectivity index (χ0n) is 21.1. The largest absolute Gasteiger partial charge is 0.497 e. The van der Waals surface area contributed by atoms with E-state index in [-0.39, 0.29) is 0 Å². The number of fused-ring (bicyclic) bond motifs is 2. The molecule has 6 aromatic rings. The van der Waals surface area contributed by atoms with Crippen molar-refractivity contribution in [3.8, 4) is 34.5 Å². The van der Waals surface area contributed by atoms with Gasteiger partial charge in [-0.25, -0.2) is 9.97 Å². The van der Waals surface area contributed by atoms with E-state index >= 15 is 0 Å². The SMILES string of the molecule is CCn1c(-c2ccc(Nc3nc(-c4ccccc4)nc4ccccc34)cc2)c(C#N)c2ccc(OC)cc21. The molecule has 0 spiro atoms. The number of rotatable bonds is 6. The van der Waals surface area contributed by atoms with Gasteiger partial charge in [-0.1, -0.05) is 54.6 Å². The summed E-state index contributed by atoms with van der Waals surface area (Å²) >= 11 is 0. The van der Waals surface area contributed by atoms with Crippen LogP contribution in [-0.2, 0) is 6.54 Å². The number of benzene rings is 4. The molecule has 2 heterocycles. The smallest absolute Gasteiger partial charge is 0.162 e. The molecule has 0 radical (unpaired) electrons. The topological polar surface area (TPSA) is 75.8 Å². The first-order chi connectivity index (χ1) is 18.7. The zero-order valence-corrected chi connectivity index (χ0v) is 21.1. The van der Waals surface area contributed by atoms with E-state index < -0.39 is 0 Å². The lowest BCUT2D eigenvalue weighted by molar-refractivity contribution is 0.415. The van der Waals surface area contributed by atoms with Crippen LogP contribution in [0.1, 0.15) is 12.5 Å². The molecule has 0 amide bonds. The van der Waals surface area contributed by atoms with Crippen molar-refractivity contribution < 1.29 is 4.74 Å². The molecule has 6 rings (SSSR count). The Morgan fingerprint density at radius 3 is 2.34 bits per heavy atom. The Kier molecular flexibility index (Phi) is 5.95. The fraction of sp³-hybridized carbons (Fsp3) is 0.0938. The summed E-state index contributed by atoms with van der Waals surface area (Å²) in [4.78, 5) is 9.65. The summed E-state index contributed by atoms with van der Waals surface area (Å²) in [6.07, 6.45) is 0. The quantitative estimate of drug-likeness (QED) is 0.258. The number of hydrogen-bond acceptors (Lipinski definition) is 5. The summed E-state index contributed by atoms with van der Waals surface area (Å²) in [6, 6.07) is 34.4. The molecular formula is C32H25N5O. The Balaban J connectivity index is 1.41. The van der Waals surface area contributed by atoms with Crippen LogP contribution in [0.4, 0.5) is 11.5 Å². The lowest BCUT2D eigenvalue weighted by Gasteiger charge is -2.13. The zero-order chi connectivity index (χ0) is 26.1. The molecular weight excluding hydrogens is 470 g/mol. The van der Waals surface area contributed by atoms with Crippen molar-refractivity contribution >= 4 is 33.3 Å². The Hall–Kier alpha value is -5.15. The molecule has 6 heteroatoms. The molecule has 0 saturated carbocycles. The van der Waals surface area contributed by atoms with Gasteiger partial charge in [0.2, 0.25) is 0 Å². The van der Waals surface area contributed by atoms with Gasteiger partial charge >= 0.3 is 0 Å². The van der Waals surface area contributed by atoms with Gasteiger partial charge in [0.25, 0.3) is 0 Å². The van der Waals surface area contributed by atoms with Gasteiger partial charge in [0.15, 0.2) is 5.82 Å². The number of methoxy groups -OCH3 is 1. The maximum atomic E-state index is 10.1. The van der Waals surface area contributed by atoms with Crippen LogP contribution >= 0.6 is 0 Å². The molecule has 38 heavy (non-hydrogen) atoms. The van der Waals surface area contributed by atoms with Gasteiger partial charge in [0.1, 0.15) is 17.6 Å². The summed E-state index contributed by atoms with van der Waals surface area (Å²) in [5, 5.41) is 15.4. The molecule has 2 aromatic heterocycles. The Morgan fingerprint density at radius 1 is 0.842 bits per heavy atom. The van der Waals surface area contributed by atoms with Crippen molar-refractivity contribution in [3.63, 3.8) is 0 Å². The number of aryl methyl sites for hydroxylation is 1. The molecule has 4 aromatic carbocycles. The van der Waals surface area contributed by atoms with Crippen LogP contribution in [0.25, 0.3) is 44.5 Å². The third kappa shape index (κ3) is 4.00. The highest BCUT2D eigenvalue weighted by Crippen LogP contribution is 2.36. The van der Waals surface area contributed by atoms with Gasteiger partial charge in [-0.2, -0.15) is 5.26 Å². The summed E-state index contributed by atoms with van der Waals surface area (Å²) in [5.41, 5.74) is 6.27. The van der Waals surface area contributed by atoms with Crippen LogP contribution in [0, 0.1) is 11.3 Å². The van der Waals surface area contributed by atoms with E-state index in [2.05, 4.69) is 22.9 Å². The minimum atomic E-state index is 0.666. The molecule has 6 nitrogen and oxygen atoms in total. The fourth-order valence-corrected chi connectivity index (χ4v) is 4.93. The number of anilines is 2. The molecule has 0 aliphatic heterocycles. The maximum absolute atomic E-state index is 10.1. The van der Waals surface area contributed by atoms with Gasteiger partial charge in [-0.15, -0.1) is 0 Å². The van der Waals surface area contributed by atoms with Crippen molar-refractivity contribution in [2.24, 2.45) is 0 Å². The molecule has 1 N–H and O–H groups in total. The van der Waals surface area contributed by atoms with E-state index in [1.165, 1.54) is 0 Å². The first-order valence-corrected chi connectivity index (χ1v) is 12.5. The Bertz CT molecular complexity index is 1820. The monoisotopic (exact) mass is 495 g/mol. The fourth-order valence-electron chi connectivity index (χ4n) is 4.93. The van der Waals surface area contributed by atoms with Gasteiger partial charge < -0.3 is 14.6 Å². The standard InChI is InChI=1S/C32H25N5O/c1-3-37-29-19-24(38-2)17-18-25(29)27(20-33)30(37)21-13-15-23(16-14-21)34-32-26-11-7-8-12-28(26)35-31(36-32)22-9-5-4-6-10-22/h4-19H,3H2,1-2H3,(H,34,35,36). The number of hydrogen-bond donors (Lipinski definition) is 1. The second-order valence-corrected chi connectivity index (χ2v) is 8.94. The van der Waals surface area contributed by atoms with E-state index in [1.807, 2.05) is 97.1 Å². The molecule has 0 unspecified atom stereocenters. The predicted molar refractivity (Wildman–Crippen MR) is 153 cm³/mol. The number of ether oxygens (including phenoxy) is 1. The molecule has 0 bridgehead atoms.